The molecule has 2 atom stereocenters. The lowest BCUT2D eigenvalue weighted by molar-refractivity contribution is -0.941. The van der Waals surface area contributed by atoms with E-state index in [0.29, 0.717) is 34.1 Å². The third-order valence-corrected chi connectivity index (χ3v) is 7.10. The summed E-state index contributed by atoms with van der Waals surface area (Å²) in [6.07, 6.45) is 5.14. The van der Waals surface area contributed by atoms with Crippen LogP contribution in [0.2, 0.25) is 0 Å². The van der Waals surface area contributed by atoms with Gasteiger partial charge in [-0.15, -0.1) is 11.3 Å². The zero-order chi connectivity index (χ0) is 20.0. The predicted octanol–water partition coefficient (Wildman–Crippen LogP) is 3.73. The molecule has 1 saturated heterocycles. The van der Waals surface area contributed by atoms with Crippen LogP contribution in [0.15, 0.2) is 51.9 Å². The maximum atomic E-state index is 13.2. The Morgan fingerprint density at radius 2 is 2.10 bits per heavy atom. The number of rotatable bonds is 3. The minimum atomic E-state index is -0.103. The van der Waals surface area contributed by atoms with Crippen molar-refractivity contribution in [3.05, 3.63) is 58.4 Å². The smallest absolute Gasteiger partial charge is 0.202 e. The van der Waals surface area contributed by atoms with E-state index in [1.54, 1.807) is 12.1 Å². The summed E-state index contributed by atoms with van der Waals surface area (Å²) in [5, 5.41) is 11.7. The maximum absolute atomic E-state index is 13.2. The molecule has 29 heavy (non-hydrogen) atoms. The number of nitrogens with one attached hydrogen (secondary N) is 1. The first kappa shape index (κ1) is 18.3. The van der Waals surface area contributed by atoms with Gasteiger partial charge in [-0.25, -0.2) is 4.98 Å². The zero-order valence-electron chi connectivity index (χ0n) is 16.3. The molecule has 2 N–H and O–H groups in total. The molecule has 0 bridgehead atoms. The van der Waals surface area contributed by atoms with E-state index < -0.39 is 0 Å². The Hall–Kier alpha value is -2.70. The highest BCUT2D eigenvalue weighted by atomic mass is 32.1. The van der Waals surface area contributed by atoms with Gasteiger partial charge in [0.25, 0.3) is 0 Å². The lowest BCUT2D eigenvalue weighted by Gasteiger charge is -2.30. The van der Waals surface area contributed by atoms with Crippen LogP contribution in [-0.2, 0) is 6.54 Å². The Balaban J connectivity index is 1.61. The van der Waals surface area contributed by atoms with Gasteiger partial charge in [0.15, 0.2) is 0 Å². The first-order valence-electron chi connectivity index (χ1n) is 10.1. The highest BCUT2D eigenvalue weighted by molar-refractivity contribution is 7.21. The van der Waals surface area contributed by atoms with E-state index in [1.165, 1.54) is 41.8 Å². The average molecular weight is 408 g/mol. The van der Waals surface area contributed by atoms with Crippen molar-refractivity contribution in [1.29, 1.82) is 0 Å². The molecule has 6 heteroatoms. The van der Waals surface area contributed by atoms with Crippen molar-refractivity contribution in [2.24, 2.45) is 0 Å². The van der Waals surface area contributed by atoms with Gasteiger partial charge < -0.3 is 14.4 Å². The minimum absolute atomic E-state index is 0.103. The van der Waals surface area contributed by atoms with Crippen molar-refractivity contribution in [2.45, 2.75) is 38.8 Å². The summed E-state index contributed by atoms with van der Waals surface area (Å²) >= 11 is 1.48. The number of likely N-dealkylation sites (tertiary alicyclic amines) is 1. The van der Waals surface area contributed by atoms with Gasteiger partial charge in [0.2, 0.25) is 5.43 Å². The number of hydrogen-bond donors (Lipinski definition) is 2. The summed E-state index contributed by atoms with van der Waals surface area (Å²) < 4.78 is 6.99. The monoisotopic (exact) mass is 407 g/mol. The van der Waals surface area contributed by atoms with E-state index in [-0.39, 0.29) is 11.2 Å². The number of benzene rings is 2. The summed E-state index contributed by atoms with van der Waals surface area (Å²) in [5.41, 5.74) is 2.45. The third kappa shape index (κ3) is 3.22. The summed E-state index contributed by atoms with van der Waals surface area (Å²) in [6, 6.07) is 11.7. The molecule has 0 amide bonds. The standard InChI is InChI=1S/C23H22N2O3S/c1-14-6-4-5-11-25(14)12-16-19(26)10-9-15-21(27)17(13-28-22(15)16)23-24-18-7-2-3-8-20(18)29-23/h2-3,7-10,13-14,26H,4-6,11-12H2,1H3/p+1/t14-/m1/s1. The fourth-order valence-electron chi connectivity index (χ4n) is 4.30. The van der Waals surface area contributed by atoms with Crippen LogP contribution in [0.4, 0.5) is 0 Å². The molecule has 1 aliphatic heterocycles. The Morgan fingerprint density at radius 1 is 1.24 bits per heavy atom. The fraction of sp³-hybridized carbons (Fsp3) is 0.304. The number of aromatic nitrogens is 1. The maximum Gasteiger partial charge on any atom is 0.202 e. The summed E-state index contributed by atoms with van der Waals surface area (Å²) in [4.78, 5) is 19.3. The molecule has 1 fully saturated rings. The van der Waals surface area contributed by atoms with Crippen molar-refractivity contribution in [3.63, 3.8) is 0 Å². The van der Waals surface area contributed by atoms with Crippen LogP contribution in [0.25, 0.3) is 31.8 Å². The molecule has 0 saturated carbocycles. The molecule has 2 aromatic carbocycles. The largest absolute Gasteiger partial charge is 0.507 e. The van der Waals surface area contributed by atoms with E-state index in [9.17, 15) is 9.90 Å². The number of para-hydroxylation sites is 1. The second kappa shape index (κ2) is 7.28. The van der Waals surface area contributed by atoms with Crippen molar-refractivity contribution >= 4 is 32.5 Å². The first-order valence-corrected chi connectivity index (χ1v) is 10.9. The third-order valence-electron chi connectivity index (χ3n) is 6.03. The SMILES string of the molecule is C[C@@H]1CCCC[NH+]1Cc1c(O)ccc2c(=O)c(-c3nc4ccccc4s3)coc12. The van der Waals surface area contributed by atoms with E-state index in [2.05, 4.69) is 11.9 Å². The van der Waals surface area contributed by atoms with Gasteiger partial charge in [0, 0.05) is 0 Å². The van der Waals surface area contributed by atoms with Crippen LogP contribution in [0, 0.1) is 0 Å². The molecule has 5 rings (SSSR count). The Labute approximate surface area is 172 Å². The second-order valence-corrected chi connectivity index (χ2v) is 8.92. The van der Waals surface area contributed by atoms with Gasteiger partial charge in [-0.3, -0.25) is 4.79 Å². The highest BCUT2D eigenvalue weighted by Gasteiger charge is 2.25. The van der Waals surface area contributed by atoms with Gasteiger partial charge in [0.05, 0.1) is 39.3 Å². The van der Waals surface area contributed by atoms with E-state index >= 15 is 0 Å². The van der Waals surface area contributed by atoms with Crippen molar-refractivity contribution in [2.75, 3.05) is 6.54 Å². The molecule has 0 spiro atoms. The normalized spacial score (nSPS) is 19.8. The number of fused-ring (bicyclic) bond motifs is 2. The molecule has 1 unspecified atom stereocenters. The Kier molecular flexibility index (Phi) is 4.60. The van der Waals surface area contributed by atoms with E-state index in [4.69, 9.17) is 4.42 Å². The molecule has 0 radical (unpaired) electrons. The van der Waals surface area contributed by atoms with Crippen LogP contribution in [0.5, 0.6) is 5.75 Å². The Morgan fingerprint density at radius 3 is 2.93 bits per heavy atom. The fourth-order valence-corrected chi connectivity index (χ4v) is 5.26. The number of phenols is 1. The quantitative estimate of drug-likeness (QED) is 0.543. The van der Waals surface area contributed by atoms with Gasteiger partial charge in [0.1, 0.15) is 29.1 Å². The summed E-state index contributed by atoms with van der Waals surface area (Å²) in [7, 11) is 0. The van der Waals surface area contributed by atoms with Crippen LogP contribution < -0.4 is 10.3 Å². The van der Waals surface area contributed by atoms with Gasteiger partial charge in [-0.1, -0.05) is 12.1 Å². The van der Waals surface area contributed by atoms with Crippen LogP contribution >= 0.6 is 11.3 Å². The summed E-state index contributed by atoms with van der Waals surface area (Å²) in [5.74, 6) is 0.193. The first-order chi connectivity index (χ1) is 14.1. The molecule has 148 valence electrons. The van der Waals surface area contributed by atoms with E-state index in [0.717, 1.165) is 22.3 Å². The van der Waals surface area contributed by atoms with Crippen molar-refractivity contribution in [1.82, 2.24) is 4.98 Å². The van der Waals surface area contributed by atoms with Gasteiger partial charge in [-0.2, -0.15) is 0 Å². The number of aromatic hydroxyl groups is 1. The summed E-state index contributed by atoms with van der Waals surface area (Å²) in [6.45, 7) is 3.98. The number of hydrogen-bond acceptors (Lipinski definition) is 5. The molecule has 3 heterocycles. The number of phenolic OH excluding ortho intramolecular Hbond substituents is 1. The molecular weight excluding hydrogens is 384 g/mol. The van der Waals surface area contributed by atoms with E-state index in [1.807, 2.05) is 24.3 Å². The number of nitrogens with zero attached hydrogens (tertiary/aromatic N) is 1. The highest BCUT2D eigenvalue weighted by Crippen LogP contribution is 2.31. The Bertz CT molecular complexity index is 1230. The van der Waals surface area contributed by atoms with Crippen LogP contribution in [0.1, 0.15) is 31.7 Å². The predicted molar refractivity (Wildman–Crippen MR) is 116 cm³/mol. The molecule has 5 nitrogen and oxygen atoms in total. The van der Waals surface area contributed by atoms with Crippen molar-refractivity contribution < 1.29 is 14.4 Å². The molecule has 2 aromatic heterocycles. The average Bonchev–Trinajstić information content (AvgIpc) is 3.15. The lowest BCUT2D eigenvalue weighted by Crippen LogP contribution is -3.14. The zero-order valence-corrected chi connectivity index (χ0v) is 17.1. The number of quaternary nitrogens is 1. The number of thiazole rings is 1. The lowest BCUT2D eigenvalue weighted by atomic mass is 10.0. The topological polar surface area (TPSA) is 67.8 Å². The second-order valence-electron chi connectivity index (χ2n) is 7.89. The minimum Gasteiger partial charge on any atom is -0.507 e. The molecule has 1 aliphatic rings. The molecule has 4 aromatic rings. The molecule has 0 aliphatic carbocycles. The van der Waals surface area contributed by atoms with Crippen LogP contribution in [-0.4, -0.2) is 22.7 Å². The molecular formula is C23H23N2O3S+. The van der Waals surface area contributed by atoms with Gasteiger partial charge >= 0.3 is 0 Å². The van der Waals surface area contributed by atoms with Crippen molar-refractivity contribution in [3.8, 4) is 16.3 Å². The van der Waals surface area contributed by atoms with Gasteiger partial charge in [-0.05, 0) is 50.5 Å². The van der Waals surface area contributed by atoms with Crippen LogP contribution in [0.3, 0.4) is 0 Å². The number of piperidine rings is 1.